The maximum absolute atomic E-state index is 11.5. The fourth-order valence-corrected chi connectivity index (χ4v) is 5.82. The summed E-state index contributed by atoms with van der Waals surface area (Å²) in [5, 5.41) is 1.03. The molecule has 0 N–H and O–H groups in total. The number of piperidine rings is 1. The Labute approximate surface area is 154 Å². The van der Waals surface area contributed by atoms with Gasteiger partial charge in [-0.15, -0.1) is 11.8 Å². The molecule has 1 spiro atoms. The van der Waals surface area contributed by atoms with Crippen molar-refractivity contribution < 1.29 is 19.1 Å². The molecule has 0 amide bonds. The first kappa shape index (κ1) is 17.2. The average Bonchev–Trinajstić information content (AvgIpc) is 3.22. The van der Waals surface area contributed by atoms with Crippen molar-refractivity contribution in [3.63, 3.8) is 0 Å². The van der Waals surface area contributed by atoms with Crippen molar-refractivity contribution in [3.05, 3.63) is 5.69 Å². The Morgan fingerprint density at radius 3 is 2.76 bits per heavy atom. The molecule has 0 aliphatic carbocycles. The molecule has 1 aromatic heterocycles. The topological polar surface area (TPSA) is 81.6 Å². The molecule has 0 saturated carbocycles. The van der Waals surface area contributed by atoms with E-state index in [1.165, 1.54) is 11.7 Å². The minimum atomic E-state index is -1.19. The van der Waals surface area contributed by atoms with Crippen LogP contribution in [-0.2, 0) is 19.1 Å². The van der Waals surface area contributed by atoms with Gasteiger partial charge in [0.05, 0.1) is 17.4 Å². The van der Waals surface area contributed by atoms with Gasteiger partial charge < -0.3 is 9.47 Å². The Kier molecular flexibility index (Phi) is 4.49. The molecule has 7 nitrogen and oxygen atoms in total. The zero-order chi connectivity index (χ0) is 17.6. The van der Waals surface area contributed by atoms with E-state index < -0.39 is 17.8 Å². The Hall–Kier alpha value is -1.19. The average molecular weight is 383 g/mol. The minimum Gasteiger partial charge on any atom is -0.400 e. The van der Waals surface area contributed by atoms with Gasteiger partial charge in [-0.25, -0.2) is 14.5 Å². The number of rotatable bonds is 5. The highest BCUT2D eigenvalue weighted by molar-refractivity contribution is 7.99. The van der Waals surface area contributed by atoms with Crippen LogP contribution in [0.15, 0.2) is 5.03 Å². The van der Waals surface area contributed by atoms with Crippen LogP contribution >= 0.6 is 23.5 Å². The second kappa shape index (κ2) is 6.51. The van der Waals surface area contributed by atoms with E-state index in [1.807, 2.05) is 4.90 Å². The maximum atomic E-state index is 11.5. The standard InChI is InChI=1S/C16H21N3O4S2/c1-9(2)4-6-24-13-12(17-25-18-13)11-8-19-7-10(11)3-5-16(19)22-14(20)15(21)23-16/h9-11H,3-8H2,1-2H3. The van der Waals surface area contributed by atoms with Crippen LogP contribution in [-0.4, -0.2) is 50.3 Å². The highest BCUT2D eigenvalue weighted by Crippen LogP contribution is 2.48. The number of esters is 2. The van der Waals surface area contributed by atoms with Crippen molar-refractivity contribution in [2.45, 2.75) is 50.0 Å². The summed E-state index contributed by atoms with van der Waals surface area (Å²) in [6, 6.07) is 0. The molecule has 3 saturated heterocycles. The number of carbonyl (C=O) groups is 2. The summed E-state index contributed by atoms with van der Waals surface area (Å²) in [5.41, 5.74) is 1.05. The van der Waals surface area contributed by atoms with Crippen LogP contribution in [0.25, 0.3) is 0 Å². The molecule has 3 atom stereocenters. The van der Waals surface area contributed by atoms with Gasteiger partial charge in [-0.05, 0) is 30.4 Å². The number of thioether (sulfide) groups is 1. The largest absolute Gasteiger partial charge is 0.421 e. The van der Waals surface area contributed by atoms with E-state index in [0.29, 0.717) is 24.8 Å². The first-order valence-corrected chi connectivity index (χ1v) is 10.4. The van der Waals surface area contributed by atoms with E-state index >= 15 is 0 Å². The first-order valence-electron chi connectivity index (χ1n) is 8.65. The summed E-state index contributed by atoms with van der Waals surface area (Å²) in [4.78, 5) is 25.0. The Morgan fingerprint density at radius 1 is 1.28 bits per heavy atom. The van der Waals surface area contributed by atoms with Crippen molar-refractivity contribution in [1.29, 1.82) is 0 Å². The SMILES string of the molecule is CC(C)CCSc1nsnc1C1CN2CC1CCC21OC(=O)C(=O)O1. The normalized spacial score (nSPS) is 30.1. The van der Waals surface area contributed by atoms with Crippen molar-refractivity contribution in [2.24, 2.45) is 11.8 Å². The molecule has 3 aliphatic rings. The fourth-order valence-electron chi connectivity index (χ4n) is 3.81. The molecular formula is C16H21N3O4S2. The van der Waals surface area contributed by atoms with Crippen LogP contribution in [0.1, 0.15) is 44.7 Å². The summed E-state index contributed by atoms with van der Waals surface area (Å²) in [5.74, 6) is -0.575. The second-order valence-corrected chi connectivity index (χ2v) is 8.90. The van der Waals surface area contributed by atoms with E-state index in [9.17, 15) is 9.59 Å². The van der Waals surface area contributed by atoms with Crippen LogP contribution in [0.2, 0.25) is 0 Å². The lowest BCUT2D eigenvalue weighted by atomic mass is 9.88. The van der Waals surface area contributed by atoms with Crippen molar-refractivity contribution in [2.75, 3.05) is 18.8 Å². The van der Waals surface area contributed by atoms with Gasteiger partial charge >= 0.3 is 17.8 Å². The predicted molar refractivity (Wildman–Crippen MR) is 92.0 cm³/mol. The van der Waals surface area contributed by atoms with E-state index in [4.69, 9.17) is 9.47 Å². The highest BCUT2D eigenvalue weighted by Gasteiger charge is 2.59. The smallest absolute Gasteiger partial charge is 0.400 e. The quantitative estimate of drug-likeness (QED) is 0.435. The Morgan fingerprint density at radius 2 is 2.04 bits per heavy atom. The lowest BCUT2D eigenvalue weighted by Crippen LogP contribution is -2.51. The number of hydrogen-bond acceptors (Lipinski definition) is 9. The molecule has 1 aromatic rings. The van der Waals surface area contributed by atoms with Gasteiger partial charge in [-0.2, -0.15) is 8.75 Å². The molecule has 3 unspecified atom stereocenters. The van der Waals surface area contributed by atoms with Gasteiger partial charge in [0.2, 0.25) is 0 Å². The number of nitrogens with zero attached hydrogens (tertiary/aromatic N) is 3. The van der Waals surface area contributed by atoms with E-state index in [0.717, 1.165) is 35.9 Å². The molecule has 136 valence electrons. The summed E-state index contributed by atoms with van der Waals surface area (Å²) in [6.07, 6.45) is 2.52. The number of carbonyl (C=O) groups excluding carboxylic acids is 2. The van der Waals surface area contributed by atoms with Gasteiger partial charge in [0.1, 0.15) is 5.03 Å². The molecule has 0 radical (unpaired) electrons. The van der Waals surface area contributed by atoms with Crippen molar-refractivity contribution in [3.8, 4) is 0 Å². The maximum Gasteiger partial charge on any atom is 0.421 e. The number of hydrogen-bond donors (Lipinski definition) is 0. The number of aromatic nitrogens is 2. The lowest BCUT2D eigenvalue weighted by molar-refractivity contribution is -0.257. The summed E-state index contributed by atoms with van der Waals surface area (Å²) in [6.45, 7) is 5.86. The van der Waals surface area contributed by atoms with Gasteiger partial charge in [0, 0.05) is 25.4 Å². The van der Waals surface area contributed by atoms with Crippen LogP contribution in [0, 0.1) is 11.8 Å². The Balaban J connectivity index is 1.49. The number of fused-ring (bicyclic) bond motifs is 3. The molecule has 4 heterocycles. The fraction of sp³-hybridized carbons (Fsp3) is 0.750. The van der Waals surface area contributed by atoms with Crippen molar-refractivity contribution >= 4 is 35.4 Å². The molecule has 4 rings (SSSR count). The third kappa shape index (κ3) is 3.06. The molecule has 9 heteroatoms. The first-order chi connectivity index (χ1) is 12.0. The highest BCUT2D eigenvalue weighted by atomic mass is 32.2. The molecule has 3 fully saturated rings. The van der Waals surface area contributed by atoms with E-state index in [-0.39, 0.29) is 5.92 Å². The van der Waals surface area contributed by atoms with E-state index in [2.05, 4.69) is 22.6 Å². The summed E-state index contributed by atoms with van der Waals surface area (Å²) < 4.78 is 19.7. The number of ether oxygens (including phenoxy) is 2. The molecule has 25 heavy (non-hydrogen) atoms. The Bertz CT molecular complexity index is 677. The van der Waals surface area contributed by atoms with Gasteiger partial charge in [0.25, 0.3) is 0 Å². The third-order valence-electron chi connectivity index (χ3n) is 5.19. The van der Waals surface area contributed by atoms with Crippen LogP contribution in [0.4, 0.5) is 0 Å². The predicted octanol–water partition coefficient (Wildman–Crippen LogP) is 2.24. The van der Waals surface area contributed by atoms with Gasteiger partial charge in [0.15, 0.2) is 0 Å². The van der Waals surface area contributed by atoms with Crippen LogP contribution < -0.4 is 0 Å². The molecule has 3 aliphatic heterocycles. The van der Waals surface area contributed by atoms with Crippen LogP contribution in [0.5, 0.6) is 0 Å². The minimum absolute atomic E-state index is 0.248. The zero-order valence-electron chi connectivity index (χ0n) is 14.3. The monoisotopic (exact) mass is 383 g/mol. The molecular weight excluding hydrogens is 362 g/mol. The second-order valence-electron chi connectivity index (χ2n) is 7.29. The van der Waals surface area contributed by atoms with E-state index in [1.54, 1.807) is 11.8 Å². The lowest BCUT2D eigenvalue weighted by Gasteiger charge is -2.37. The van der Waals surface area contributed by atoms with Crippen LogP contribution in [0.3, 0.4) is 0 Å². The summed E-state index contributed by atoms with van der Waals surface area (Å²) in [7, 11) is 0. The van der Waals surface area contributed by atoms with Gasteiger partial charge in [-0.3, -0.25) is 0 Å². The third-order valence-corrected chi connectivity index (χ3v) is 6.86. The molecule has 0 aromatic carbocycles. The molecule has 2 bridgehead atoms. The van der Waals surface area contributed by atoms with Crippen molar-refractivity contribution in [1.82, 2.24) is 13.6 Å². The van der Waals surface area contributed by atoms with Gasteiger partial charge in [-0.1, -0.05) is 13.8 Å². The summed E-state index contributed by atoms with van der Waals surface area (Å²) >= 11 is 3.04. The zero-order valence-corrected chi connectivity index (χ0v) is 15.9.